The lowest BCUT2D eigenvalue weighted by molar-refractivity contribution is -0.131. The molecule has 0 spiro atoms. The van der Waals surface area contributed by atoms with Gasteiger partial charge >= 0.3 is 5.97 Å². The van der Waals surface area contributed by atoms with Crippen LogP contribution < -0.4 is 0 Å². The van der Waals surface area contributed by atoms with Crippen LogP contribution in [0.5, 0.6) is 0 Å². The Labute approximate surface area is 127 Å². The monoisotopic (exact) mass is 304 g/mol. The third-order valence-electron chi connectivity index (χ3n) is 3.11. The number of hydrogen-bond donors (Lipinski definition) is 1. The number of carboxylic acid groups (broad SMARTS) is 1. The number of carboxylic acids is 1. The number of carbonyl (C=O) groups is 1. The topological polar surface area (TPSA) is 37.3 Å². The van der Waals surface area contributed by atoms with Crippen molar-refractivity contribution in [3.05, 3.63) is 76.6 Å². The zero-order chi connectivity index (χ0) is 15.2. The molecule has 0 unspecified atom stereocenters. The summed E-state index contributed by atoms with van der Waals surface area (Å²) in [4.78, 5) is 10.9. The molecule has 2 rings (SSSR count). The molecule has 1 N–H and O–H groups in total. The van der Waals surface area contributed by atoms with Crippen LogP contribution in [0.1, 0.15) is 17.5 Å². The maximum atomic E-state index is 13.4. The zero-order valence-corrected chi connectivity index (χ0v) is 12.0. The summed E-state index contributed by atoms with van der Waals surface area (Å²) < 4.78 is 13.4. The second-order valence-corrected chi connectivity index (χ2v) is 5.03. The van der Waals surface area contributed by atoms with Crippen LogP contribution in [-0.2, 0) is 11.2 Å². The minimum absolute atomic E-state index is 0.0862. The first-order valence-corrected chi connectivity index (χ1v) is 6.87. The third-order valence-corrected chi connectivity index (χ3v) is 3.42. The first-order valence-electron chi connectivity index (χ1n) is 6.49. The van der Waals surface area contributed by atoms with E-state index < -0.39 is 11.8 Å². The normalized spacial score (nSPS) is 11.4. The summed E-state index contributed by atoms with van der Waals surface area (Å²) in [5, 5.41) is 9.06. The van der Waals surface area contributed by atoms with Gasteiger partial charge in [0, 0.05) is 6.08 Å². The Morgan fingerprint density at radius 1 is 1.19 bits per heavy atom. The molecular formula is C17H14ClFO2. The number of halogens is 2. The highest BCUT2D eigenvalue weighted by molar-refractivity contribution is 6.30. The molecule has 0 radical (unpaired) electrons. The van der Waals surface area contributed by atoms with Gasteiger partial charge < -0.3 is 5.11 Å². The van der Waals surface area contributed by atoms with Crippen molar-refractivity contribution < 1.29 is 14.3 Å². The quantitative estimate of drug-likeness (QED) is 0.821. The molecule has 0 amide bonds. The van der Waals surface area contributed by atoms with E-state index in [4.69, 9.17) is 16.7 Å². The minimum Gasteiger partial charge on any atom is -0.478 e. The van der Waals surface area contributed by atoms with E-state index in [9.17, 15) is 9.18 Å². The average molecular weight is 305 g/mol. The fourth-order valence-corrected chi connectivity index (χ4v) is 2.19. The standard InChI is InChI=1S/C17H14ClFO2/c18-15-9-7-12(10-16(15)19)6-8-14(11-17(20)21)13-4-2-1-3-5-13/h1-5,7,9-11H,6,8H2,(H,20,21). The van der Waals surface area contributed by atoms with Crippen molar-refractivity contribution in [2.24, 2.45) is 0 Å². The summed E-state index contributed by atoms with van der Waals surface area (Å²) >= 11 is 5.64. The highest BCUT2D eigenvalue weighted by Gasteiger charge is 2.06. The van der Waals surface area contributed by atoms with Crippen LogP contribution in [0.2, 0.25) is 5.02 Å². The van der Waals surface area contributed by atoms with E-state index in [2.05, 4.69) is 0 Å². The molecule has 0 aliphatic heterocycles. The molecule has 0 saturated carbocycles. The van der Waals surface area contributed by atoms with Crippen LogP contribution >= 0.6 is 11.6 Å². The Balaban J connectivity index is 2.17. The van der Waals surface area contributed by atoms with Crippen LogP contribution in [0, 0.1) is 5.82 Å². The lowest BCUT2D eigenvalue weighted by Crippen LogP contribution is -1.95. The molecule has 2 nitrogen and oxygen atoms in total. The molecule has 0 heterocycles. The van der Waals surface area contributed by atoms with Crippen molar-refractivity contribution in [1.82, 2.24) is 0 Å². The van der Waals surface area contributed by atoms with Gasteiger partial charge in [-0.3, -0.25) is 0 Å². The van der Waals surface area contributed by atoms with E-state index in [1.165, 1.54) is 18.2 Å². The van der Waals surface area contributed by atoms with Crippen LogP contribution in [0.25, 0.3) is 5.57 Å². The highest BCUT2D eigenvalue weighted by atomic mass is 35.5. The second-order valence-electron chi connectivity index (χ2n) is 4.62. The molecule has 2 aromatic carbocycles. The summed E-state index contributed by atoms with van der Waals surface area (Å²) in [6, 6.07) is 13.9. The van der Waals surface area contributed by atoms with Crippen LogP contribution in [0.3, 0.4) is 0 Å². The Hall–Kier alpha value is -2.13. The number of aryl methyl sites for hydroxylation is 1. The van der Waals surface area contributed by atoms with E-state index in [0.717, 1.165) is 11.1 Å². The van der Waals surface area contributed by atoms with E-state index in [0.29, 0.717) is 18.4 Å². The predicted octanol–water partition coefficient (Wildman–Crippen LogP) is 4.58. The van der Waals surface area contributed by atoms with Gasteiger partial charge in [-0.1, -0.05) is 48.0 Å². The lowest BCUT2D eigenvalue weighted by Gasteiger charge is -2.08. The summed E-state index contributed by atoms with van der Waals surface area (Å²) in [7, 11) is 0. The van der Waals surface area contributed by atoms with Gasteiger partial charge in [-0.25, -0.2) is 9.18 Å². The van der Waals surface area contributed by atoms with Crippen molar-refractivity contribution >= 4 is 23.1 Å². The largest absolute Gasteiger partial charge is 0.478 e. The fraction of sp³-hybridized carbons (Fsp3) is 0.118. The zero-order valence-electron chi connectivity index (χ0n) is 11.2. The second kappa shape index (κ2) is 7.04. The Morgan fingerprint density at radius 2 is 1.90 bits per heavy atom. The first-order chi connectivity index (χ1) is 10.1. The van der Waals surface area contributed by atoms with Gasteiger partial charge in [0.05, 0.1) is 5.02 Å². The first kappa shape index (κ1) is 15.3. The summed E-state index contributed by atoms with van der Waals surface area (Å²) in [5.74, 6) is -1.45. The Kier molecular flexibility index (Phi) is 5.12. The maximum absolute atomic E-state index is 13.4. The van der Waals surface area contributed by atoms with Crippen molar-refractivity contribution in [1.29, 1.82) is 0 Å². The summed E-state index contributed by atoms with van der Waals surface area (Å²) in [6.45, 7) is 0. The molecule has 2 aromatic rings. The fourth-order valence-electron chi connectivity index (χ4n) is 2.08. The maximum Gasteiger partial charge on any atom is 0.328 e. The molecule has 0 atom stereocenters. The van der Waals surface area contributed by atoms with E-state index >= 15 is 0 Å². The number of aliphatic carboxylic acids is 1. The van der Waals surface area contributed by atoms with E-state index in [1.54, 1.807) is 6.07 Å². The molecule has 4 heteroatoms. The van der Waals surface area contributed by atoms with Crippen LogP contribution in [0.15, 0.2) is 54.6 Å². The minimum atomic E-state index is -0.990. The van der Waals surface area contributed by atoms with Crippen molar-refractivity contribution in [3.8, 4) is 0 Å². The van der Waals surface area contributed by atoms with Crippen molar-refractivity contribution in [3.63, 3.8) is 0 Å². The third kappa shape index (κ3) is 4.43. The van der Waals surface area contributed by atoms with Gasteiger partial charge in [-0.15, -0.1) is 0 Å². The molecular weight excluding hydrogens is 291 g/mol. The summed E-state index contributed by atoms with van der Waals surface area (Å²) in [6.07, 6.45) is 2.25. The van der Waals surface area contributed by atoms with Crippen molar-refractivity contribution in [2.75, 3.05) is 0 Å². The molecule has 0 fully saturated rings. The van der Waals surface area contributed by atoms with Gasteiger partial charge in [0.25, 0.3) is 0 Å². The molecule has 21 heavy (non-hydrogen) atoms. The number of hydrogen-bond acceptors (Lipinski definition) is 1. The van der Waals surface area contributed by atoms with Crippen LogP contribution in [0.4, 0.5) is 4.39 Å². The molecule has 0 aliphatic carbocycles. The number of rotatable bonds is 5. The van der Waals surface area contributed by atoms with Gasteiger partial charge in [-0.2, -0.15) is 0 Å². The molecule has 0 bridgehead atoms. The smallest absolute Gasteiger partial charge is 0.328 e. The Bertz CT molecular complexity index is 666. The highest BCUT2D eigenvalue weighted by Crippen LogP contribution is 2.22. The van der Waals surface area contributed by atoms with Gasteiger partial charge in [0.2, 0.25) is 0 Å². The SMILES string of the molecule is O=C(O)C=C(CCc1ccc(Cl)c(F)c1)c1ccccc1. The Morgan fingerprint density at radius 3 is 2.52 bits per heavy atom. The number of benzene rings is 2. The van der Waals surface area contributed by atoms with E-state index in [1.807, 2.05) is 30.3 Å². The summed E-state index contributed by atoms with van der Waals surface area (Å²) in [5.41, 5.74) is 2.34. The molecule has 0 aromatic heterocycles. The van der Waals surface area contributed by atoms with Crippen LogP contribution in [-0.4, -0.2) is 11.1 Å². The molecule has 0 aliphatic rings. The van der Waals surface area contributed by atoms with E-state index in [-0.39, 0.29) is 5.02 Å². The number of allylic oxidation sites excluding steroid dienone is 1. The molecule has 108 valence electrons. The van der Waals surface area contributed by atoms with Gasteiger partial charge in [0.1, 0.15) is 5.82 Å². The van der Waals surface area contributed by atoms with Crippen molar-refractivity contribution in [2.45, 2.75) is 12.8 Å². The lowest BCUT2D eigenvalue weighted by atomic mass is 9.98. The average Bonchev–Trinajstić information content (AvgIpc) is 2.47. The molecule has 0 saturated heterocycles. The van der Waals surface area contributed by atoms with Gasteiger partial charge in [0.15, 0.2) is 0 Å². The predicted molar refractivity (Wildman–Crippen MR) is 81.8 cm³/mol. The van der Waals surface area contributed by atoms with Gasteiger partial charge in [-0.05, 0) is 41.7 Å².